The van der Waals surface area contributed by atoms with Crippen molar-refractivity contribution in [3.05, 3.63) is 29.5 Å². The highest BCUT2D eigenvalue weighted by molar-refractivity contribution is 5.87. The first-order valence-electron chi connectivity index (χ1n) is 4.81. The fourth-order valence-electron chi connectivity index (χ4n) is 1.47. The molecule has 2 rings (SSSR count). The van der Waals surface area contributed by atoms with Gasteiger partial charge in [0.1, 0.15) is 17.2 Å². The molecule has 0 spiro atoms. The van der Waals surface area contributed by atoms with Crippen molar-refractivity contribution in [3.63, 3.8) is 0 Å². The number of phenolic OH excluding ortho intramolecular Hbond substituents is 2. The van der Waals surface area contributed by atoms with E-state index in [1.165, 1.54) is 18.2 Å². The average Bonchev–Trinajstić information content (AvgIpc) is 2.75. The van der Waals surface area contributed by atoms with Gasteiger partial charge < -0.3 is 15.3 Å². The zero-order valence-corrected chi connectivity index (χ0v) is 8.93. The number of aromatic nitrogens is 2. The highest BCUT2D eigenvalue weighted by Gasteiger charge is 2.14. The molecule has 0 amide bonds. The molecule has 0 aliphatic rings. The third-order valence-corrected chi connectivity index (χ3v) is 2.49. The van der Waals surface area contributed by atoms with Gasteiger partial charge in [0.05, 0.1) is 5.69 Å². The fraction of sp³-hybridized carbons (Fsp3) is 0.0909. The quantitative estimate of drug-likeness (QED) is 0.629. The first-order chi connectivity index (χ1) is 8.00. The normalized spacial score (nSPS) is 10.4. The van der Waals surface area contributed by atoms with Crippen LogP contribution in [0.4, 0.5) is 0 Å². The van der Waals surface area contributed by atoms with Crippen LogP contribution < -0.4 is 0 Å². The van der Waals surface area contributed by atoms with Gasteiger partial charge in [-0.2, -0.15) is 5.10 Å². The van der Waals surface area contributed by atoms with Crippen LogP contribution in [0.3, 0.4) is 0 Å². The molecule has 2 aromatic rings. The molecule has 0 unspecified atom stereocenters. The molecule has 0 saturated carbocycles. The van der Waals surface area contributed by atoms with E-state index in [1.54, 1.807) is 6.92 Å². The molecule has 1 aromatic carbocycles. The van der Waals surface area contributed by atoms with Crippen LogP contribution in [0.15, 0.2) is 18.2 Å². The Bertz CT molecular complexity index is 589. The molecule has 17 heavy (non-hydrogen) atoms. The van der Waals surface area contributed by atoms with E-state index in [4.69, 9.17) is 5.11 Å². The highest BCUT2D eigenvalue weighted by atomic mass is 16.4. The molecule has 1 heterocycles. The minimum absolute atomic E-state index is 0.0276. The third kappa shape index (κ3) is 1.80. The van der Waals surface area contributed by atoms with Gasteiger partial charge in [-0.25, -0.2) is 4.79 Å². The SMILES string of the molecule is Cc1c(O)ccc(-c2cc(C(=O)O)[nH]n2)c1O. The van der Waals surface area contributed by atoms with Gasteiger partial charge in [0.2, 0.25) is 0 Å². The van der Waals surface area contributed by atoms with Crippen molar-refractivity contribution in [2.75, 3.05) is 0 Å². The number of benzene rings is 1. The Kier molecular flexibility index (Phi) is 2.47. The van der Waals surface area contributed by atoms with Gasteiger partial charge in [-0.15, -0.1) is 0 Å². The van der Waals surface area contributed by atoms with E-state index in [2.05, 4.69) is 10.2 Å². The Hall–Kier alpha value is -2.50. The predicted molar refractivity (Wildman–Crippen MR) is 59.0 cm³/mol. The molecule has 1 aromatic heterocycles. The smallest absolute Gasteiger partial charge is 0.353 e. The summed E-state index contributed by atoms with van der Waals surface area (Å²) in [5.74, 6) is -1.27. The summed E-state index contributed by atoms with van der Waals surface area (Å²) in [6.07, 6.45) is 0. The van der Waals surface area contributed by atoms with Gasteiger partial charge in [-0.1, -0.05) is 0 Å². The number of aromatic amines is 1. The largest absolute Gasteiger partial charge is 0.508 e. The van der Waals surface area contributed by atoms with Crippen LogP contribution in [-0.2, 0) is 0 Å². The number of phenols is 2. The lowest BCUT2D eigenvalue weighted by molar-refractivity contribution is 0.0690. The predicted octanol–water partition coefficient (Wildman–Crippen LogP) is 1.49. The molecule has 0 atom stereocenters. The van der Waals surface area contributed by atoms with Crippen LogP contribution in [0.1, 0.15) is 16.1 Å². The molecule has 88 valence electrons. The lowest BCUT2D eigenvalue weighted by Crippen LogP contribution is -1.95. The van der Waals surface area contributed by atoms with Gasteiger partial charge >= 0.3 is 5.97 Å². The van der Waals surface area contributed by atoms with Crippen LogP contribution in [-0.4, -0.2) is 31.5 Å². The number of H-pyrrole nitrogens is 1. The maximum absolute atomic E-state index is 10.7. The first kappa shape index (κ1) is 11.0. The lowest BCUT2D eigenvalue weighted by Gasteiger charge is -2.05. The van der Waals surface area contributed by atoms with Gasteiger partial charge in [0.15, 0.2) is 0 Å². The number of nitrogens with zero attached hydrogens (tertiary/aromatic N) is 1. The monoisotopic (exact) mass is 234 g/mol. The zero-order chi connectivity index (χ0) is 12.6. The minimum atomic E-state index is -1.13. The number of carboxylic acid groups (broad SMARTS) is 1. The Labute approximate surface area is 96.2 Å². The van der Waals surface area contributed by atoms with E-state index in [0.29, 0.717) is 16.8 Å². The summed E-state index contributed by atoms with van der Waals surface area (Å²) < 4.78 is 0. The van der Waals surface area contributed by atoms with Gasteiger partial charge in [0.25, 0.3) is 0 Å². The third-order valence-electron chi connectivity index (χ3n) is 2.49. The van der Waals surface area contributed by atoms with E-state index < -0.39 is 5.97 Å². The summed E-state index contributed by atoms with van der Waals surface area (Å²) in [7, 11) is 0. The number of aromatic hydroxyl groups is 2. The number of hydrogen-bond acceptors (Lipinski definition) is 4. The summed E-state index contributed by atoms with van der Waals surface area (Å²) in [4.78, 5) is 10.7. The van der Waals surface area contributed by atoms with Crippen molar-refractivity contribution in [1.82, 2.24) is 10.2 Å². The second-order valence-corrected chi connectivity index (χ2v) is 3.58. The molecule has 6 heteroatoms. The van der Waals surface area contributed by atoms with Gasteiger partial charge in [-0.05, 0) is 25.1 Å². The molecule has 0 aliphatic carbocycles. The Morgan fingerprint density at radius 3 is 2.65 bits per heavy atom. The summed E-state index contributed by atoms with van der Waals surface area (Å²) in [5.41, 5.74) is 0.930. The molecule has 4 N–H and O–H groups in total. The van der Waals surface area contributed by atoms with Gasteiger partial charge in [-0.3, -0.25) is 5.10 Å². The Balaban J connectivity index is 2.53. The summed E-state index contributed by atoms with van der Waals surface area (Å²) in [5, 5.41) is 34.1. The molecular formula is C11H10N2O4. The van der Waals surface area contributed by atoms with Crippen molar-refractivity contribution in [2.24, 2.45) is 0 Å². The van der Waals surface area contributed by atoms with E-state index >= 15 is 0 Å². The number of rotatable bonds is 2. The number of aromatic carboxylic acids is 1. The lowest BCUT2D eigenvalue weighted by atomic mass is 10.1. The Morgan fingerprint density at radius 1 is 1.35 bits per heavy atom. The minimum Gasteiger partial charge on any atom is -0.508 e. The van der Waals surface area contributed by atoms with Crippen molar-refractivity contribution < 1.29 is 20.1 Å². The molecule has 0 radical (unpaired) electrons. The van der Waals surface area contributed by atoms with E-state index in [0.717, 1.165) is 0 Å². The van der Waals surface area contributed by atoms with E-state index in [9.17, 15) is 15.0 Å². The molecule has 0 saturated heterocycles. The zero-order valence-electron chi connectivity index (χ0n) is 8.93. The van der Waals surface area contributed by atoms with Crippen LogP contribution in [0.25, 0.3) is 11.3 Å². The van der Waals surface area contributed by atoms with Crippen molar-refractivity contribution in [2.45, 2.75) is 6.92 Å². The fourth-order valence-corrected chi connectivity index (χ4v) is 1.47. The van der Waals surface area contributed by atoms with Crippen LogP contribution in [0, 0.1) is 6.92 Å². The van der Waals surface area contributed by atoms with Crippen LogP contribution >= 0.6 is 0 Å². The summed E-state index contributed by atoms with van der Waals surface area (Å²) in [6.45, 7) is 1.55. The second kappa shape index (κ2) is 3.82. The van der Waals surface area contributed by atoms with Crippen molar-refractivity contribution in [1.29, 1.82) is 0 Å². The number of nitrogens with one attached hydrogen (secondary N) is 1. The van der Waals surface area contributed by atoms with Crippen molar-refractivity contribution in [3.8, 4) is 22.8 Å². The van der Waals surface area contributed by atoms with Crippen LogP contribution in [0.5, 0.6) is 11.5 Å². The second-order valence-electron chi connectivity index (χ2n) is 3.58. The summed E-state index contributed by atoms with van der Waals surface area (Å²) in [6, 6.07) is 4.20. The number of carboxylic acids is 1. The Morgan fingerprint density at radius 2 is 2.06 bits per heavy atom. The molecule has 0 fully saturated rings. The maximum Gasteiger partial charge on any atom is 0.353 e. The molecule has 0 bridgehead atoms. The summed E-state index contributed by atoms with van der Waals surface area (Å²) >= 11 is 0. The number of carbonyl (C=O) groups is 1. The van der Waals surface area contributed by atoms with Crippen LogP contribution in [0.2, 0.25) is 0 Å². The molecule has 0 aliphatic heterocycles. The standard InChI is InChI=1S/C11H10N2O4/c1-5-9(14)3-2-6(10(5)15)7-4-8(11(16)17)13-12-7/h2-4,14-15H,1H3,(H,12,13)(H,16,17). The maximum atomic E-state index is 10.7. The highest BCUT2D eigenvalue weighted by Crippen LogP contribution is 2.35. The van der Waals surface area contributed by atoms with E-state index in [1.807, 2.05) is 0 Å². The number of hydrogen-bond donors (Lipinski definition) is 4. The van der Waals surface area contributed by atoms with E-state index in [-0.39, 0.29) is 17.2 Å². The average molecular weight is 234 g/mol. The van der Waals surface area contributed by atoms with Crippen molar-refractivity contribution >= 4 is 5.97 Å². The molecule has 6 nitrogen and oxygen atoms in total. The van der Waals surface area contributed by atoms with Gasteiger partial charge in [0, 0.05) is 11.1 Å². The molecular weight excluding hydrogens is 224 g/mol. The topological polar surface area (TPSA) is 106 Å². The first-order valence-corrected chi connectivity index (χ1v) is 4.81.